The van der Waals surface area contributed by atoms with E-state index in [2.05, 4.69) is 15.7 Å². The first-order valence-corrected chi connectivity index (χ1v) is 5.65. The molecule has 2 N–H and O–H groups in total. The van der Waals surface area contributed by atoms with Gasteiger partial charge in [0, 0.05) is 19.6 Å². The predicted octanol–water partition coefficient (Wildman–Crippen LogP) is 0.0967. The van der Waals surface area contributed by atoms with E-state index in [0.29, 0.717) is 19.1 Å². The van der Waals surface area contributed by atoms with Gasteiger partial charge in [0.15, 0.2) is 0 Å². The summed E-state index contributed by atoms with van der Waals surface area (Å²) in [6, 6.07) is 2.46. The van der Waals surface area contributed by atoms with Gasteiger partial charge in [-0.05, 0) is 25.8 Å². The quantitative estimate of drug-likeness (QED) is 0.742. The molecule has 0 spiro atoms. The minimum absolute atomic E-state index is 0.0846. The molecule has 5 heteroatoms. The van der Waals surface area contributed by atoms with Crippen molar-refractivity contribution in [2.75, 3.05) is 6.54 Å². The summed E-state index contributed by atoms with van der Waals surface area (Å²) < 4.78 is 1.83. The lowest BCUT2D eigenvalue weighted by molar-refractivity contribution is -0.120. The first-order chi connectivity index (χ1) is 7.65. The van der Waals surface area contributed by atoms with Gasteiger partial charge in [-0.15, -0.1) is 0 Å². The number of nitrogens with one attached hydrogen (secondary N) is 2. The van der Waals surface area contributed by atoms with Gasteiger partial charge < -0.3 is 10.6 Å². The number of amides is 1. The Kier molecular flexibility index (Phi) is 3.24. The first-order valence-electron chi connectivity index (χ1n) is 5.65. The lowest BCUT2D eigenvalue weighted by Crippen LogP contribution is -2.35. The van der Waals surface area contributed by atoms with Crippen molar-refractivity contribution in [3.8, 4) is 0 Å². The maximum Gasteiger partial charge on any atom is 0.234 e. The number of aromatic nitrogens is 2. The van der Waals surface area contributed by atoms with E-state index in [1.807, 2.05) is 24.7 Å². The summed E-state index contributed by atoms with van der Waals surface area (Å²) in [5.74, 6) is 0.0846. The maximum atomic E-state index is 11.4. The number of nitrogens with zero attached hydrogens (tertiary/aromatic N) is 2. The van der Waals surface area contributed by atoms with Crippen LogP contribution in [0.5, 0.6) is 0 Å². The Labute approximate surface area is 95.2 Å². The molecule has 16 heavy (non-hydrogen) atoms. The fraction of sp³-hybridized carbons (Fsp3) is 0.636. The number of carbonyl (C=O) groups excluding carboxylic acids is 1. The van der Waals surface area contributed by atoms with E-state index in [1.54, 1.807) is 0 Å². The molecule has 1 amide bonds. The first kappa shape index (κ1) is 11.1. The van der Waals surface area contributed by atoms with Crippen LogP contribution in [0.3, 0.4) is 0 Å². The zero-order valence-electron chi connectivity index (χ0n) is 9.79. The number of hydrogen-bond acceptors (Lipinski definition) is 3. The second-order valence-electron chi connectivity index (χ2n) is 4.35. The van der Waals surface area contributed by atoms with Crippen LogP contribution in [0.25, 0.3) is 0 Å². The minimum atomic E-state index is 0.0846. The third-order valence-electron chi connectivity index (χ3n) is 2.63. The van der Waals surface area contributed by atoms with E-state index in [1.165, 1.54) is 0 Å². The van der Waals surface area contributed by atoms with Crippen molar-refractivity contribution < 1.29 is 4.79 Å². The van der Waals surface area contributed by atoms with Crippen molar-refractivity contribution in [3.05, 3.63) is 17.5 Å². The molecule has 0 atom stereocenters. The predicted molar refractivity (Wildman–Crippen MR) is 60.8 cm³/mol. The summed E-state index contributed by atoms with van der Waals surface area (Å²) in [5, 5.41) is 10.3. The van der Waals surface area contributed by atoms with E-state index >= 15 is 0 Å². The third kappa shape index (κ3) is 3.06. The van der Waals surface area contributed by atoms with E-state index < -0.39 is 0 Å². The molecule has 2 rings (SSSR count). The SMILES string of the molecule is Cc1cc(CNCC(=O)NC2CC2)n(C)n1. The van der Waals surface area contributed by atoms with Gasteiger partial charge in [-0.3, -0.25) is 9.48 Å². The molecular formula is C11H18N4O. The van der Waals surface area contributed by atoms with Gasteiger partial charge in [0.25, 0.3) is 0 Å². The molecule has 5 nitrogen and oxygen atoms in total. The second-order valence-corrected chi connectivity index (χ2v) is 4.35. The summed E-state index contributed by atoms with van der Waals surface area (Å²) in [6.07, 6.45) is 2.26. The molecule has 0 radical (unpaired) electrons. The average Bonchev–Trinajstić information content (AvgIpc) is 2.94. The van der Waals surface area contributed by atoms with E-state index in [-0.39, 0.29) is 5.91 Å². The van der Waals surface area contributed by atoms with Gasteiger partial charge in [-0.2, -0.15) is 5.10 Å². The molecule has 0 bridgehead atoms. The highest BCUT2D eigenvalue weighted by atomic mass is 16.2. The van der Waals surface area contributed by atoms with Gasteiger partial charge in [0.05, 0.1) is 17.9 Å². The lowest BCUT2D eigenvalue weighted by atomic mass is 10.3. The molecule has 0 unspecified atom stereocenters. The second kappa shape index (κ2) is 4.65. The van der Waals surface area contributed by atoms with Gasteiger partial charge in [0.1, 0.15) is 0 Å². The molecule has 1 aromatic heterocycles. The van der Waals surface area contributed by atoms with Crippen LogP contribution in [-0.4, -0.2) is 28.3 Å². The van der Waals surface area contributed by atoms with Crippen molar-refractivity contribution in [3.63, 3.8) is 0 Å². The lowest BCUT2D eigenvalue weighted by Gasteiger charge is -2.05. The smallest absolute Gasteiger partial charge is 0.234 e. The molecule has 0 saturated heterocycles. The van der Waals surface area contributed by atoms with E-state index in [9.17, 15) is 4.79 Å². The maximum absolute atomic E-state index is 11.4. The van der Waals surface area contributed by atoms with Crippen molar-refractivity contribution in [2.45, 2.75) is 32.4 Å². The average molecular weight is 222 g/mol. The molecule has 1 aliphatic carbocycles. The number of carbonyl (C=O) groups is 1. The monoisotopic (exact) mass is 222 g/mol. The molecule has 1 fully saturated rings. The van der Waals surface area contributed by atoms with Crippen LogP contribution in [0.15, 0.2) is 6.07 Å². The van der Waals surface area contributed by atoms with Crippen molar-refractivity contribution in [1.82, 2.24) is 20.4 Å². The van der Waals surface area contributed by atoms with Crippen LogP contribution >= 0.6 is 0 Å². The van der Waals surface area contributed by atoms with Crippen LogP contribution < -0.4 is 10.6 Å². The largest absolute Gasteiger partial charge is 0.352 e. The standard InChI is InChI=1S/C11H18N4O/c1-8-5-10(15(2)14-8)6-12-7-11(16)13-9-3-4-9/h5,9,12H,3-4,6-7H2,1-2H3,(H,13,16). The molecule has 0 aliphatic heterocycles. The van der Waals surface area contributed by atoms with Crippen LogP contribution in [0.4, 0.5) is 0 Å². The topological polar surface area (TPSA) is 59.0 Å². The van der Waals surface area contributed by atoms with Crippen LogP contribution in [0, 0.1) is 6.92 Å². The molecule has 1 aromatic rings. The summed E-state index contributed by atoms with van der Waals surface area (Å²) in [5.41, 5.74) is 2.10. The summed E-state index contributed by atoms with van der Waals surface area (Å²) >= 11 is 0. The Morgan fingerprint density at radius 2 is 2.38 bits per heavy atom. The van der Waals surface area contributed by atoms with Crippen molar-refractivity contribution in [1.29, 1.82) is 0 Å². The highest BCUT2D eigenvalue weighted by Gasteiger charge is 2.22. The molecular weight excluding hydrogens is 204 g/mol. The fourth-order valence-electron chi connectivity index (χ4n) is 1.64. The highest BCUT2D eigenvalue weighted by Crippen LogP contribution is 2.18. The van der Waals surface area contributed by atoms with Crippen LogP contribution in [0.1, 0.15) is 24.2 Å². The number of rotatable bonds is 5. The normalized spacial score (nSPS) is 15.1. The molecule has 1 aliphatic rings. The third-order valence-corrected chi connectivity index (χ3v) is 2.63. The zero-order chi connectivity index (χ0) is 11.5. The Balaban J connectivity index is 1.70. The van der Waals surface area contributed by atoms with E-state index in [4.69, 9.17) is 0 Å². The van der Waals surface area contributed by atoms with Gasteiger partial charge in [-0.1, -0.05) is 0 Å². The summed E-state index contributed by atoms with van der Waals surface area (Å²) in [6.45, 7) is 3.01. The van der Waals surface area contributed by atoms with Gasteiger partial charge in [0.2, 0.25) is 5.91 Å². The van der Waals surface area contributed by atoms with Crippen LogP contribution in [-0.2, 0) is 18.4 Å². The van der Waals surface area contributed by atoms with Gasteiger partial charge in [-0.25, -0.2) is 0 Å². The van der Waals surface area contributed by atoms with Crippen molar-refractivity contribution >= 4 is 5.91 Å². The Morgan fingerprint density at radius 1 is 1.62 bits per heavy atom. The summed E-state index contributed by atoms with van der Waals surface area (Å²) in [4.78, 5) is 11.4. The van der Waals surface area contributed by atoms with Crippen LogP contribution in [0.2, 0.25) is 0 Å². The molecule has 1 heterocycles. The minimum Gasteiger partial charge on any atom is -0.352 e. The zero-order valence-corrected chi connectivity index (χ0v) is 9.79. The van der Waals surface area contributed by atoms with Gasteiger partial charge >= 0.3 is 0 Å². The molecule has 88 valence electrons. The molecule has 1 saturated carbocycles. The number of aryl methyl sites for hydroxylation is 2. The summed E-state index contributed by atoms with van der Waals surface area (Å²) in [7, 11) is 1.91. The molecule has 0 aromatic carbocycles. The van der Waals surface area contributed by atoms with Crippen molar-refractivity contribution in [2.24, 2.45) is 7.05 Å². The highest BCUT2D eigenvalue weighted by molar-refractivity contribution is 5.78. The fourth-order valence-corrected chi connectivity index (χ4v) is 1.64. The Hall–Kier alpha value is -1.36. The Morgan fingerprint density at radius 3 is 2.94 bits per heavy atom. The number of hydrogen-bond donors (Lipinski definition) is 2. The van der Waals surface area contributed by atoms with E-state index in [0.717, 1.165) is 24.2 Å². The Bertz CT molecular complexity index is 381.